The van der Waals surface area contributed by atoms with E-state index in [9.17, 15) is 14.9 Å². The smallest absolute Gasteiger partial charge is 0.404 e. The molecule has 0 spiro atoms. The maximum Gasteiger partial charge on any atom is 0.404 e. The van der Waals surface area contributed by atoms with Crippen LogP contribution in [0.2, 0.25) is 18.1 Å². The van der Waals surface area contributed by atoms with E-state index >= 15 is 0 Å². The van der Waals surface area contributed by atoms with Crippen molar-refractivity contribution in [1.82, 2.24) is 10.3 Å². The number of carboxylic acid groups (broad SMARTS) is 1. The fraction of sp³-hybridized carbons (Fsp3) is 0.647. The van der Waals surface area contributed by atoms with Crippen molar-refractivity contribution in [2.75, 3.05) is 18.0 Å². The molecule has 0 aromatic carbocycles. The van der Waals surface area contributed by atoms with Crippen LogP contribution in [0.4, 0.5) is 16.2 Å². The molecule has 2 N–H and O–H groups in total. The van der Waals surface area contributed by atoms with Crippen molar-refractivity contribution in [2.45, 2.75) is 57.5 Å². The summed E-state index contributed by atoms with van der Waals surface area (Å²) in [5, 5.41) is 23.0. The van der Waals surface area contributed by atoms with Gasteiger partial charge in [-0.3, -0.25) is 15.1 Å². The lowest BCUT2D eigenvalue weighted by molar-refractivity contribution is -0.384. The minimum absolute atomic E-state index is 0.00760. The Labute approximate surface area is 160 Å². The zero-order valence-electron chi connectivity index (χ0n) is 16.4. The molecule has 1 aromatic heterocycles. The van der Waals surface area contributed by atoms with Crippen LogP contribution in [0.1, 0.15) is 27.2 Å². The number of amides is 1. The SMILES string of the molecule is CC(C)(C)[Si](C)(C)OC1C[C@H](NC(=O)O)CN(c2ccncc2[N+](=O)[O-])C1. The maximum absolute atomic E-state index is 11.4. The second kappa shape index (κ2) is 7.81. The Kier molecular flexibility index (Phi) is 6.10. The van der Waals surface area contributed by atoms with Gasteiger partial charge in [0.2, 0.25) is 0 Å². The molecule has 2 rings (SSSR count). The molecule has 1 amide bonds. The molecule has 0 radical (unpaired) electrons. The van der Waals surface area contributed by atoms with Gasteiger partial charge in [-0.1, -0.05) is 20.8 Å². The summed E-state index contributed by atoms with van der Waals surface area (Å²) in [7, 11) is -2.08. The summed E-state index contributed by atoms with van der Waals surface area (Å²) in [5.41, 5.74) is 0.329. The lowest BCUT2D eigenvalue weighted by Crippen LogP contribution is -2.56. The monoisotopic (exact) mass is 396 g/mol. The molecule has 150 valence electrons. The number of aromatic nitrogens is 1. The maximum atomic E-state index is 11.4. The van der Waals surface area contributed by atoms with Crippen molar-refractivity contribution in [3.8, 4) is 0 Å². The van der Waals surface area contributed by atoms with Gasteiger partial charge < -0.3 is 19.7 Å². The summed E-state index contributed by atoms with van der Waals surface area (Å²) in [5.74, 6) is 0. The van der Waals surface area contributed by atoms with Crippen molar-refractivity contribution in [3.05, 3.63) is 28.6 Å². The van der Waals surface area contributed by atoms with Gasteiger partial charge in [0.05, 0.1) is 17.1 Å². The molecule has 1 aromatic rings. The summed E-state index contributed by atoms with van der Waals surface area (Å²) in [4.78, 5) is 27.7. The van der Waals surface area contributed by atoms with E-state index in [0.29, 0.717) is 25.2 Å². The van der Waals surface area contributed by atoms with Crippen LogP contribution in [-0.2, 0) is 4.43 Å². The predicted octanol–water partition coefficient (Wildman–Crippen LogP) is 3.23. The van der Waals surface area contributed by atoms with Gasteiger partial charge in [0.1, 0.15) is 11.9 Å². The average molecular weight is 397 g/mol. The van der Waals surface area contributed by atoms with Crippen LogP contribution in [0, 0.1) is 10.1 Å². The molecular formula is C17H28N4O5Si. The van der Waals surface area contributed by atoms with Crippen molar-refractivity contribution >= 4 is 25.8 Å². The molecule has 10 heteroatoms. The molecule has 2 heterocycles. The number of anilines is 1. The molecule has 0 aliphatic carbocycles. The fourth-order valence-corrected chi connectivity index (χ4v) is 4.35. The number of nitrogens with zero attached hydrogens (tertiary/aromatic N) is 3. The third kappa shape index (κ3) is 5.16. The summed E-state index contributed by atoms with van der Waals surface area (Å²) < 4.78 is 6.49. The zero-order valence-corrected chi connectivity index (χ0v) is 17.4. The molecule has 1 unspecified atom stereocenters. The molecule has 1 aliphatic rings. The number of nitro groups is 1. The van der Waals surface area contributed by atoms with E-state index in [4.69, 9.17) is 9.53 Å². The highest BCUT2D eigenvalue weighted by Gasteiger charge is 2.41. The van der Waals surface area contributed by atoms with Crippen LogP contribution >= 0.6 is 0 Å². The van der Waals surface area contributed by atoms with Gasteiger partial charge >= 0.3 is 11.8 Å². The quantitative estimate of drug-likeness (QED) is 0.445. The Morgan fingerprint density at radius 3 is 2.67 bits per heavy atom. The Morgan fingerprint density at radius 2 is 2.11 bits per heavy atom. The molecule has 0 bridgehead atoms. The van der Waals surface area contributed by atoms with E-state index in [1.165, 1.54) is 12.4 Å². The summed E-state index contributed by atoms with van der Waals surface area (Å²) in [6.45, 7) is 11.5. The van der Waals surface area contributed by atoms with Gasteiger partial charge in [-0.2, -0.15) is 0 Å². The lowest BCUT2D eigenvalue weighted by Gasteiger charge is -2.44. The summed E-state index contributed by atoms with van der Waals surface area (Å²) >= 11 is 0. The van der Waals surface area contributed by atoms with Crippen LogP contribution < -0.4 is 10.2 Å². The minimum Gasteiger partial charge on any atom is -0.465 e. The van der Waals surface area contributed by atoms with E-state index < -0.39 is 19.3 Å². The van der Waals surface area contributed by atoms with Crippen LogP contribution in [0.25, 0.3) is 0 Å². The Hall–Kier alpha value is -2.20. The molecule has 1 saturated heterocycles. The molecule has 0 saturated carbocycles. The molecule has 1 fully saturated rings. The predicted molar refractivity (Wildman–Crippen MR) is 105 cm³/mol. The number of hydrogen-bond donors (Lipinski definition) is 2. The highest BCUT2D eigenvalue weighted by atomic mass is 28.4. The molecule has 9 nitrogen and oxygen atoms in total. The Bertz CT molecular complexity index is 707. The topological polar surface area (TPSA) is 118 Å². The average Bonchev–Trinajstić information content (AvgIpc) is 2.52. The first kappa shape index (κ1) is 21.1. The standard InChI is InChI=1S/C17H28N4O5Si/c1-17(2,3)27(4,5)26-13-8-12(19-16(22)23)10-20(11-13)14-6-7-18-9-15(14)21(24)25/h6-7,9,12-13,19H,8,10-11H2,1-5H3,(H,22,23)/t12-,13?/m0/s1. The molecule has 1 aliphatic heterocycles. The Morgan fingerprint density at radius 1 is 1.44 bits per heavy atom. The number of hydrogen-bond acceptors (Lipinski definition) is 6. The van der Waals surface area contributed by atoms with Gasteiger partial charge in [0, 0.05) is 19.3 Å². The first-order valence-corrected chi connectivity index (χ1v) is 11.8. The number of pyridine rings is 1. The van der Waals surface area contributed by atoms with E-state index in [2.05, 4.69) is 44.2 Å². The van der Waals surface area contributed by atoms with Crippen LogP contribution in [0.5, 0.6) is 0 Å². The van der Waals surface area contributed by atoms with Crippen LogP contribution in [0.3, 0.4) is 0 Å². The first-order chi connectivity index (χ1) is 12.4. The number of carbonyl (C=O) groups is 1. The minimum atomic E-state index is -2.08. The van der Waals surface area contributed by atoms with E-state index in [1.807, 2.05) is 4.90 Å². The highest BCUT2D eigenvalue weighted by Crippen LogP contribution is 2.39. The lowest BCUT2D eigenvalue weighted by atomic mass is 10.0. The van der Waals surface area contributed by atoms with Crippen LogP contribution in [0.15, 0.2) is 18.5 Å². The number of piperidine rings is 1. The van der Waals surface area contributed by atoms with E-state index in [-0.39, 0.29) is 22.9 Å². The van der Waals surface area contributed by atoms with Crippen molar-refractivity contribution < 1.29 is 19.3 Å². The highest BCUT2D eigenvalue weighted by molar-refractivity contribution is 6.74. The molecule has 2 atom stereocenters. The zero-order chi connectivity index (χ0) is 20.4. The van der Waals surface area contributed by atoms with E-state index in [0.717, 1.165) is 0 Å². The van der Waals surface area contributed by atoms with Gasteiger partial charge in [0.25, 0.3) is 0 Å². The van der Waals surface area contributed by atoms with Gasteiger partial charge in [0.15, 0.2) is 8.32 Å². The van der Waals surface area contributed by atoms with Gasteiger partial charge in [-0.05, 0) is 30.6 Å². The first-order valence-electron chi connectivity index (χ1n) is 8.91. The van der Waals surface area contributed by atoms with Gasteiger partial charge in [-0.15, -0.1) is 0 Å². The third-order valence-electron chi connectivity index (χ3n) is 5.32. The van der Waals surface area contributed by atoms with Gasteiger partial charge in [-0.25, -0.2) is 4.79 Å². The van der Waals surface area contributed by atoms with Crippen molar-refractivity contribution in [1.29, 1.82) is 0 Å². The fourth-order valence-electron chi connectivity index (χ4n) is 2.99. The summed E-state index contributed by atoms with van der Waals surface area (Å²) in [6.07, 6.45) is 1.92. The summed E-state index contributed by atoms with van der Waals surface area (Å²) in [6, 6.07) is 1.21. The van der Waals surface area contributed by atoms with Crippen molar-refractivity contribution in [2.24, 2.45) is 0 Å². The normalized spacial score (nSPS) is 21.0. The number of rotatable bonds is 5. The third-order valence-corrected chi connectivity index (χ3v) is 9.86. The van der Waals surface area contributed by atoms with Crippen molar-refractivity contribution in [3.63, 3.8) is 0 Å². The molecular weight excluding hydrogens is 368 g/mol. The molecule has 27 heavy (non-hydrogen) atoms. The van der Waals surface area contributed by atoms with E-state index in [1.54, 1.807) is 6.07 Å². The Balaban J connectivity index is 2.30. The number of nitrogens with one attached hydrogen (secondary N) is 1. The van der Waals surface area contributed by atoms with Crippen LogP contribution in [-0.4, -0.2) is 54.7 Å². The second-order valence-corrected chi connectivity index (χ2v) is 13.2. The largest absolute Gasteiger partial charge is 0.465 e. The second-order valence-electron chi connectivity index (χ2n) is 8.41.